The topological polar surface area (TPSA) is 62.2 Å². The van der Waals surface area contributed by atoms with Gasteiger partial charge in [0.25, 0.3) is 0 Å². The van der Waals surface area contributed by atoms with Crippen LogP contribution in [0.3, 0.4) is 0 Å². The molecule has 1 heterocycles. The lowest BCUT2D eigenvalue weighted by atomic mass is 10.0. The molecule has 18 heavy (non-hydrogen) atoms. The Hall–Kier alpha value is -1.88. The van der Waals surface area contributed by atoms with Crippen molar-refractivity contribution < 1.29 is 9.90 Å². The van der Waals surface area contributed by atoms with Crippen LogP contribution >= 0.6 is 11.3 Å². The fourth-order valence-electron chi connectivity index (χ4n) is 1.59. The maximum atomic E-state index is 11.5. The summed E-state index contributed by atoms with van der Waals surface area (Å²) in [5, 5.41) is 14.8. The molecule has 0 radical (unpaired) electrons. The average molecular weight is 262 g/mol. The largest absolute Gasteiger partial charge is 0.479 e. The molecule has 2 aromatic rings. The summed E-state index contributed by atoms with van der Waals surface area (Å²) in [6, 6.07) is 7.60. The molecular formula is C13H14N2O2S. The number of carboxylic acids is 1. The van der Waals surface area contributed by atoms with Gasteiger partial charge in [0.2, 0.25) is 0 Å². The van der Waals surface area contributed by atoms with Gasteiger partial charge in [-0.05, 0) is 26.0 Å². The molecule has 0 aliphatic rings. The van der Waals surface area contributed by atoms with E-state index < -0.39 is 11.5 Å². The maximum Gasteiger partial charge on any atom is 0.336 e. The zero-order chi connectivity index (χ0) is 13.2. The normalized spacial score (nSPS) is 13.9. The van der Waals surface area contributed by atoms with Crippen LogP contribution in [-0.4, -0.2) is 16.1 Å². The zero-order valence-corrected chi connectivity index (χ0v) is 11.0. The summed E-state index contributed by atoms with van der Waals surface area (Å²) >= 11 is 1.33. The monoisotopic (exact) mass is 262 g/mol. The highest BCUT2D eigenvalue weighted by atomic mass is 32.1. The number of anilines is 1. The van der Waals surface area contributed by atoms with Gasteiger partial charge in [-0.3, -0.25) is 0 Å². The molecule has 0 bridgehead atoms. The number of nitrogens with one attached hydrogen (secondary N) is 1. The Labute approximate surface area is 109 Å². The number of nitrogens with zero attached hydrogens (tertiary/aromatic N) is 1. The Morgan fingerprint density at radius 1 is 1.39 bits per heavy atom. The predicted octanol–water partition coefficient (Wildman–Crippen LogP) is 2.86. The Morgan fingerprint density at radius 3 is 2.56 bits per heavy atom. The highest BCUT2D eigenvalue weighted by Gasteiger charge is 2.37. The summed E-state index contributed by atoms with van der Waals surface area (Å²) < 4.78 is 0. The van der Waals surface area contributed by atoms with E-state index in [1.54, 1.807) is 18.5 Å². The standard InChI is InChI=1S/C13H14N2O2S/c1-9-3-5-10(6-4-9)15-13(2,12(16)17)11-14-7-8-18-11/h3-8,15H,1-2H3,(H,16,17). The van der Waals surface area contributed by atoms with Gasteiger partial charge in [-0.2, -0.15) is 0 Å². The second-order valence-electron chi connectivity index (χ2n) is 4.26. The molecular weight excluding hydrogens is 248 g/mol. The molecule has 0 aliphatic heterocycles. The number of benzene rings is 1. The number of aryl methyl sites for hydroxylation is 1. The Bertz CT molecular complexity index is 537. The minimum atomic E-state index is -1.20. The van der Waals surface area contributed by atoms with Gasteiger partial charge in [0.1, 0.15) is 5.01 Å². The lowest BCUT2D eigenvalue weighted by molar-refractivity contribution is -0.142. The van der Waals surface area contributed by atoms with Crippen molar-refractivity contribution in [1.82, 2.24) is 4.98 Å². The van der Waals surface area contributed by atoms with E-state index in [0.29, 0.717) is 5.01 Å². The van der Waals surface area contributed by atoms with Gasteiger partial charge in [0.15, 0.2) is 5.54 Å². The zero-order valence-electron chi connectivity index (χ0n) is 10.2. The van der Waals surface area contributed by atoms with E-state index in [0.717, 1.165) is 11.3 Å². The van der Waals surface area contributed by atoms with Crippen LogP contribution in [0.5, 0.6) is 0 Å². The molecule has 5 heteroatoms. The van der Waals surface area contributed by atoms with Gasteiger partial charge >= 0.3 is 5.97 Å². The molecule has 0 amide bonds. The van der Waals surface area contributed by atoms with E-state index in [2.05, 4.69) is 10.3 Å². The molecule has 2 N–H and O–H groups in total. The number of aromatic nitrogens is 1. The van der Waals surface area contributed by atoms with Crippen LogP contribution < -0.4 is 5.32 Å². The van der Waals surface area contributed by atoms with E-state index in [-0.39, 0.29) is 0 Å². The number of hydrogen-bond donors (Lipinski definition) is 2. The van der Waals surface area contributed by atoms with Crippen LogP contribution in [0.4, 0.5) is 5.69 Å². The molecule has 0 fully saturated rings. The van der Waals surface area contributed by atoms with E-state index >= 15 is 0 Å². The minimum Gasteiger partial charge on any atom is -0.479 e. The second kappa shape index (κ2) is 4.78. The van der Waals surface area contributed by atoms with Crippen molar-refractivity contribution in [2.75, 3.05) is 5.32 Å². The number of hydrogen-bond acceptors (Lipinski definition) is 4. The first-order valence-corrected chi connectivity index (χ1v) is 6.38. The van der Waals surface area contributed by atoms with Crippen molar-refractivity contribution in [3.8, 4) is 0 Å². The van der Waals surface area contributed by atoms with Crippen molar-refractivity contribution in [1.29, 1.82) is 0 Å². The Balaban J connectivity index is 2.32. The highest BCUT2D eigenvalue weighted by Crippen LogP contribution is 2.28. The van der Waals surface area contributed by atoms with E-state index in [9.17, 15) is 9.90 Å². The summed E-state index contributed by atoms with van der Waals surface area (Å²) in [6.07, 6.45) is 1.61. The van der Waals surface area contributed by atoms with Crippen molar-refractivity contribution in [3.63, 3.8) is 0 Å². The van der Waals surface area contributed by atoms with Gasteiger partial charge in [0.05, 0.1) is 0 Å². The number of aliphatic carboxylic acids is 1. The van der Waals surface area contributed by atoms with E-state index in [4.69, 9.17) is 0 Å². The summed E-state index contributed by atoms with van der Waals surface area (Å²) in [5.41, 5.74) is 0.691. The molecule has 2 rings (SSSR count). The van der Waals surface area contributed by atoms with E-state index in [1.165, 1.54) is 11.3 Å². The predicted molar refractivity (Wildman–Crippen MR) is 71.9 cm³/mol. The number of carboxylic acid groups (broad SMARTS) is 1. The Kier molecular flexibility index (Phi) is 3.34. The van der Waals surface area contributed by atoms with Gasteiger partial charge in [-0.1, -0.05) is 17.7 Å². The minimum absolute atomic E-state index is 0.538. The molecule has 0 spiro atoms. The molecule has 0 saturated carbocycles. The summed E-state index contributed by atoms with van der Waals surface area (Å²) in [4.78, 5) is 15.6. The fourth-order valence-corrected chi connectivity index (χ4v) is 2.34. The maximum absolute atomic E-state index is 11.5. The fraction of sp³-hybridized carbons (Fsp3) is 0.231. The van der Waals surface area contributed by atoms with Crippen molar-refractivity contribution in [3.05, 3.63) is 46.4 Å². The number of rotatable bonds is 4. The molecule has 1 aromatic heterocycles. The van der Waals surface area contributed by atoms with Crippen LogP contribution in [0, 0.1) is 6.92 Å². The number of thiazole rings is 1. The van der Waals surface area contributed by atoms with Crippen LogP contribution in [-0.2, 0) is 10.3 Å². The highest BCUT2D eigenvalue weighted by molar-refractivity contribution is 7.09. The molecule has 0 saturated heterocycles. The van der Waals surface area contributed by atoms with Crippen LogP contribution in [0.15, 0.2) is 35.8 Å². The SMILES string of the molecule is Cc1ccc(NC(C)(C(=O)O)c2nccs2)cc1. The van der Waals surface area contributed by atoms with E-state index in [1.807, 2.05) is 31.2 Å². The third-order valence-electron chi connectivity index (χ3n) is 2.73. The molecule has 94 valence electrons. The van der Waals surface area contributed by atoms with Crippen molar-refractivity contribution in [2.24, 2.45) is 0 Å². The van der Waals surface area contributed by atoms with Crippen LogP contribution in [0.2, 0.25) is 0 Å². The Morgan fingerprint density at radius 2 is 2.06 bits per heavy atom. The first kappa shape index (κ1) is 12.6. The van der Waals surface area contributed by atoms with Crippen LogP contribution in [0.25, 0.3) is 0 Å². The first-order chi connectivity index (χ1) is 8.52. The smallest absolute Gasteiger partial charge is 0.336 e. The second-order valence-corrected chi connectivity index (χ2v) is 5.15. The summed E-state index contributed by atoms with van der Waals surface area (Å²) in [5.74, 6) is -0.946. The molecule has 4 nitrogen and oxygen atoms in total. The lowest BCUT2D eigenvalue weighted by Gasteiger charge is -2.25. The third kappa shape index (κ3) is 2.36. The third-order valence-corrected chi connectivity index (χ3v) is 3.73. The summed E-state index contributed by atoms with van der Waals surface area (Å²) in [7, 11) is 0. The van der Waals surface area contributed by atoms with Gasteiger partial charge in [-0.15, -0.1) is 11.3 Å². The summed E-state index contributed by atoms with van der Waals surface area (Å²) in [6.45, 7) is 3.61. The molecule has 0 aliphatic carbocycles. The van der Waals surface area contributed by atoms with Gasteiger partial charge in [-0.25, -0.2) is 9.78 Å². The quantitative estimate of drug-likeness (QED) is 0.889. The average Bonchev–Trinajstić information content (AvgIpc) is 2.86. The van der Waals surface area contributed by atoms with Crippen LogP contribution in [0.1, 0.15) is 17.5 Å². The van der Waals surface area contributed by atoms with Gasteiger partial charge < -0.3 is 10.4 Å². The number of carbonyl (C=O) groups is 1. The first-order valence-electron chi connectivity index (χ1n) is 5.50. The molecule has 1 atom stereocenters. The van der Waals surface area contributed by atoms with Crippen molar-refractivity contribution >= 4 is 23.0 Å². The van der Waals surface area contributed by atoms with Gasteiger partial charge in [0, 0.05) is 17.3 Å². The van der Waals surface area contributed by atoms with Crippen molar-refractivity contribution in [2.45, 2.75) is 19.4 Å². The molecule has 1 unspecified atom stereocenters. The lowest BCUT2D eigenvalue weighted by Crippen LogP contribution is -2.40. The molecule has 1 aromatic carbocycles.